The zero-order chi connectivity index (χ0) is 13.9. The molecule has 19 heavy (non-hydrogen) atoms. The van der Waals surface area contributed by atoms with Crippen molar-refractivity contribution >= 4 is 11.4 Å². The lowest BCUT2D eigenvalue weighted by atomic mass is 9.98. The van der Waals surface area contributed by atoms with E-state index in [1.807, 2.05) is 6.08 Å². The van der Waals surface area contributed by atoms with Gasteiger partial charge in [0.1, 0.15) is 11.3 Å². The van der Waals surface area contributed by atoms with E-state index in [1.54, 1.807) is 37.3 Å². The van der Waals surface area contributed by atoms with Gasteiger partial charge in [0, 0.05) is 11.8 Å². The SMILES string of the molecule is CC1(N=O)C=CC(Oc2cc(N)ccc2N)=CCC1. The molecular formula is C14H17N3O2. The first-order valence-corrected chi connectivity index (χ1v) is 6.09. The number of anilines is 2. The summed E-state index contributed by atoms with van der Waals surface area (Å²) in [7, 11) is 0. The van der Waals surface area contributed by atoms with E-state index in [4.69, 9.17) is 16.2 Å². The third-order valence-corrected chi connectivity index (χ3v) is 3.08. The molecule has 0 spiro atoms. The maximum absolute atomic E-state index is 10.8. The van der Waals surface area contributed by atoms with Gasteiger partial charge in [0.05, 0.1) is 5.69 Å². The van der Waals surface area contributed by atoms with Crippen LogP contribution in [0, 0.1) is 4.91 Å². The second-order valence-corrected chi connectivity index (χ2v) is 4.83. The predicted molar refractivity (Wildman–Crippen MR) is 76.6 cm³/mol. The summed E-state index contributed by atoms with van der Waals surface area (Å²) in [6.45, 7) is 1.79. The molecule has 0 fully saturated rings. The standard InChI is InChI=1S/C14H17N3O2/c1-14(17-18)7-2-3-11(6-8-14)19-13-9-10(15)4-5-12(13)16/h3-6,8-9H,2,7,15-16H2,1H3. The molecule has 100 valence electrons. The van der Waals surface area contributed by atoms with Crippen LogP contribution in [0.15, 0.2) is 47.4 Å². The van der Waals surface area contributed by atoms with Crippen LogP contribution in [-0.2, 0) is 0 Å². The first kappa shape index (κ1) is 13.1. The Morgan fingerprint density at radius 1 is 1.37 bits per heavy atom. The van der Waals surface area contributed by atoms with Gasteiger partial charge in [-0.15, -0.1) is 4.91 Å². The minimum absolute atomic E-state index is 0.513. The molecule has 0 amide bonds. The molecule has 0 saturated heterocycles. The van der Waals surface area contributed by atoms with Crippen molar-refractivity contribution in [1.82, 2.24) is 0 Å². The van der Waals surface area contributed by atoms with Gasteiger partial charge in [0.2, 0.25) is 0 Å². The van der Waals surface area contributed by atoms with Gasteiger partial charge in [-0.3, -0.25) is 0 Å². The van der Waals surface area contributed by atoms with Crippen molar-refractivity contribution in [2.75, 3.05) is 11.5 Å². The molecule has 2 rings (SSSR count). The molecule has 0 saturated carbocycles. The fourth-order valence-corrected chi connectivity index (χ4v) is 1.84. The lowest BCUT2D eigenvalue weighted by Gasteiger charge is -2.13. The summed E-state index contributed by atoms with van der Waals surface area (Å²) in [6.07, 6.45) is 6.78. The van der Waals surface area contributed by atoms with Gasteiger partial charge < -0.3 is 16.2 Å². The van der Waals surface area contributed by atoms with Gasteiger partial charge in [-0.2, -0.15) is 0 Å². The zero-order valence-corrected chi connectivity index (χ0v) is 10.8. The van der Waals surface area contributed by atoms with Gasteiger partial charge in [0.25, 0.3) is 0 Å². The van der Waals surface area contributed by atoms with Gasteiger partial charge in [-0.25, -0.2) is 0 Å². The number of nitrogens with zero attached hydrogens (tertiary/aromatic N) is 1. The van der Waals surface area contributed by atoms with Crippen LogP contribution in [-0.4, -0.2) is 5.54 Å². The first-order chi connectivity index (χ1) is 9.02. The van der Waals surface area contributed by atoms with Crippen LogP contribution < -0.4 is 16.2 Å². The van der Waals surface area contributed by atoms with Crippen LogP contribution in [0.2, 0.25) is 0 Å². The van der Waals surface area contributed by atoms with E-state index in [0.717, 1.165) is 0 Å². The summed E-state index contributed by atoms with van der Waals surface area (Å²) >= 11 is 0. The van der Waals surface area contributed by atoms with Crippen molar-refractivity contribution < 1.29 is 4.74 Å². The highest BCUT2D eigenvalue weighted by molar-refractivity contribution is 5.60. The first-order valence-electron chi connectivity index (χ1n) is 6.09. The summed E-state index contributed by atoms with van der Waals surface area (Å²) in [5.41, 5.74) is 11.9. The highest BCUT2D eigenvalue weighted by Gasteiger charge is 2.23. The van der Waals surface area contributed by atoms with Crippen LogP contribution in [0.4, 0.5) is 11.4 Å². The van der Waals surface area contributed by atoms with Gasteiger partial charge in [0.15, 0.2) is 5.75 Å². The number of hydrogen-bond donors (Lipinski definition) is 2. The highest BCUT2D eigenvalue weighted by atomic mass is 16.5. The molecule has 5 nitrogen and oxygen atoms in total. The lowest BCUT2D eigenvalue weighted by molar-refractivity contribution is 0.445. The minimum Gasteiger partial charge on any atom is -0.455 e. The van der Waals surface area contributed by atoms with E-state index in [-0.39, 0.29) is 0 Å². The van der Waals surface area contributed by atoms with Crippen molar-refractivity contribution in [3.8, 4) is 5.75 Å². The Labute approximate surface area is 111 Å². The number of rotatable bonds is 3. The van der Waals surface area contributed by atoms with Crippen molar-refractivity contribution in [3.63, 3.8) is 0 Å². The fourth-order valence-electron chi connectivity index (χ4n) is 1.84. The third kappa shape index (κ3) is 3.13. The summed E-state index contributed by atoms with van der Waals surface area (Å²) in [4.78, 5) is 10.8. The number of nitrogen functional groups attached to an aromatic ring is 2. The third-order valence-electron chi connectivity index (χ3n) is 3.08. The topological polar surface area (TPSA) is 90.7 Å². The largest absolute Gasteiger partial charge is 0.455 e. The average Bonchev–Trinajstić information content (AvgIpc) is 2.57. The molecule has 4 N–H and O–H groups in total. The van der Waals surface area contributed by atoms with Gasteiger partial charge >= 0.3 is 0 Å². The Morgan fingerprint density at radius 2 is 2.16 bits per heavy atom. The van der Waals surface area contributed by atoms with Crippen molar-refractivity contribution in [3.05, 3.63) is 47.1 Å². The van der Waals surface area contributed by atoms with Crippen LogP contribution in [0.1, 0.15) is 19.8 Å². The highest BCUT2D eigenvalue weighted by Crippen LogP contribution is 2.29. The van der Waals surface area contributed by atoms with Crippen LogP contribution in [0.5, 0.6) is 5.75 Å². The fraction of sp³-hybridized carbons (Fsp3) is 0.286. The molecule has 0 heterocycles. The predicted octanol–water partition coefficient (Wildman–Crippen LogP) is 2.99. The number of benzene rings is 1. The maximum Gasteiger partial charge on any atom is 0.152 e. The average molecular weight is 259 g/mol. The minimum atomic E-state index is -0.678. The second kappa shape index (κ2) is 5.14. The molecule has 1 aromatic carbocycles. The summed E-state index contributed by atoms with van der Waals surface area (Å²) in [5, 5.41) is 3.14. The molecule has 1 unspecified atom stereocenters. The van der Waals surface area contributed by atoms with Crippen molar-refractivity contribution in [2.45, 2.75) is 25.3 Å². The van der Waals surface area contributed by atoms with E-state index in [2.05, 4.69) is 5.18 Å². The van der Waals surface area contributed by atoms with Crippen LogP contribution in [0.25, 0.3) is 0 Å². The van der Waals surface area contributed by atoms with Crippen LogP contribution in [0.3, 0.4) is 0 Å². The molecule has 1 aliphatic carbocycles. The van der Waals surface area contributed by atoms with Crippen molar-refractivity contribution in [1.29, 1.82) is 0 Å². The van der Waals surface area contributed by atoms with Crippen molar-refractivity contribution in [2.24, 2.45) is 5.18 Å². The van der Waals surface area contributed by atoms with Crippen LogP contribution >= 0.6 is 0 Å². The number of hydrogen-bond acceptors (Lipinski definition) is 5. The molecule has 5 heteroatoms. The summed E-state index contributed by atoms with van der Waals surface area (Å²) < 4.78 is 5.71. The molecule has 0 bridgehead atoms. The number of ether oxygens (including phenoxy) is 1. The quantitative estimate of drug-likeness (QED) is 0.644. The molecule has 0 aliphatic heterocycles. The Balaban J connectivity index is 2.19. The summed E-state index contributed by atoms with van der Waals surface area (Å²) in [6, 6.07) is 5.09. The van der Waals surface area contributed by atoms with E-state index >= 15 is 0 Å². The summed E-state index contributed by atoms with van der Waals surface area (Å²) in [5.74, 6) is 1.16. The molecule has 1 atom stereocenters. The van der Waals surface area contributed by atoms with E-state index < -0.39 is 5.54 Å². The molecule has 0 aromatic heterocycles. The Hall–Kier alpha value is -2.30. The number of nitroso groups, excluding NO2 is 1. The number of allylic oxidation sites excluding steroid dienone is 2. The van der Waals surface area contributed by atoms with E-state index in [1.165, 1.54) is 0 Å². The Morgan fingerprint density at radius 3 is 2.89 bits per heavy atom. The maximum atomic E-state index is 10.8. The van der Waals surface area contributed by atoms with Gasteiger partial charge in [-0.05, 0) is 44.1 Å². The van der Waals surface area contributed by atoms with Gasteiger partial charge in [-0.1, -0.05) is 11.3 Å². The molecule has 1 aliphatic rings. The molecular weight excluding hydrogens is 242 g/mol. The van der Waals surface area contributed by atoms with E-state index in [0.29, 0.717) is 35.7 Å². The Kier molecular flexibility index (Phi) is 3.55. The molecule has 0 radical (unpaired) electrons. The Bertz CT molecular complexity index is 552. The lowest BCUT2D eigenvalue weighted by Crippen LogP contribution is -2.16. The monoisotopic (exact) mass is 259 g/mol. The number of nitrogens with two attached hydrogens (primary N) is 2. The smallest absolute Gasteiger partial charge is 0.152 e. The normalized spacial score (nSPS) is 22.5. The zero-order valence-electron chi connectivity index (χ0n) is 10.8. The second-order valence-electron chi connectivity index (χ2n) is 4.83. The van der Waals surface area contributed by atoms with E-state index in [9.17, 15) is 4.91 Å². The molecule has 1 aromatic rings.